The molecular weight excluding hydrogens is 482 g/mol. The molecule has 9 nitrogen and oxygen atoms in total. The van der Waals surface area contributed by atoms with Gasteiger partial charge >= 0.3 is 0 Å². The van der Waals surface area contributed by atoms with Crippen LogP contribution in [0.2, 0.25) is 0 Å². The second-order valence-corrected chi connectivity index (χ2v) is 11.3. The van der Waals surface area contributed by atoms with E-state index in [4.69, 9.17) is 4.74 Å². The van der Waals surface area contributed by atoms with Gasteiger partial charge in [-0.15, -0.1) is 10.2 Å². The molecule has 0 atom stereocenters. The molecule has 33 heavy (non-hydrogen) atoms. The predicted octanol–water partition coefficient (Wildman–Crippen LogP) is 3.34. The summed E-state index contributed by atoms with van der Waals surface area (Å²) in [5.41, 5.74) is 2.59. The van der Waals surface area contributed by atoms with Crippen molar-refractivity contribution in [2.45, 2.75) is 16.2 Å². The minimum Gasteiger partial charge on any atom is -0.379 e. The summed E-state index contributed by atoms with van der Waals surface area (Å²) >= 11 is 2.66. The van der Waals surface area contributed by atoms with Gasteiger partial charge in [-0.05, 0) is 42.8 Å². The average Bonchev–Trinajstić information content (AvgIpc) is 3.27. The van der Waals surface area contributed by atoms with Gasteiger partial charge in [0.25, 0.3) is 0 Å². The number of morpholine rings is 1. The fraction of sp³-hybridized carbons (Fsp3) is 0.286. The number of nitrogens with one attached hydrogen (secondary N) is 2. The maximum absolute atomic E-state index is 12.7. The van der Waals surface area contributed by atoms with Crippen molar-refractivity contribution in [3.05, 3.63) is 54.1 Å². The van der Waals surface area contributed by atoms with Crippen LogP contribution in [-0.4, -0.2) is 60.9 Å². The second-order valence-electron chi connectivity index (χ2n) is 7.19. The summed E-state index contributed by atoms with van der Waals surface area (Å²) in [7, 11) is -3.56. The number of thioether (sulfide) groups is 1. The summed E-state index contributed by atoms with van der Waals surface area (Å²) in [5.74, 6) is -0.0558. The van der Waals surface area contributed by atoms with Crippen LogP contribution >= 0.6 is 23.1 Å². The first-order valence-electron chi connectivity index (χ1n) is 10.2. The smallest absolute Gasteiger partial charge is 0.243 e. The number of carbonyl (C=O) groups is 1. The Morgan fingerprint density at radius 2 is 1.85 bits per heavy atom. The summed E-state index contributed by atoms with van der Waals surface area (Å²) in [6, 6.07) is 14.1. The number of anilines is 3. The van der Waals surface area contributed by atoms with Gasteiger partial charge in [0.15, 0.2) is 4.34 Å². The van der Waals surface area contributed by atoms with Crippen molar-refractivity contribution in [3.8, 4) is 0 Å². The Hall–Kier alpha value is -2.51. The highest BCUT2D eigenvalue weighted by molar-refractivity contribution is 8.01. The highest BCUT2D eigenvalue weighted by Gasteiger charge is 2.26. The number of sulfonamides is 1. The number of ether oxygens (including phenoxy) is 1. The zero-order chi connectivity index (χ0) is 23.3. The molecule has 1 aromatic heterocycles. The third kappa shape index (κ3) is 6.09. The van der Waals surface area contributed by atoms with Gasteiger partial charge < -0.3 is 15.4 Å². The molecular formula is C21H23N5O4S3. The van der Waals surface area contributed by atoms with Gasteiger partial charge in [0.2, 0.25) is 21.1 Å². The first-order chi connectivity index (χ1) is 15.9. The zero-order valence-corrected chi connectivity index (χ0v) is 20.3. The predicted molar refractivity (Wildman–Crippen MR) is 130 cm³/mol. The monoisotopic (exact) mass is 505 g/mol. The minimum atomic E-state index is -3.56. The number of carbonyl (C=O) groups excluding carboxylic acids is 1. The molecule has 1 aliphatic rings. The van der Waals surface area contributed by atoms with Crippen LogP contribution < -0.4 is 10.6 Å². The van der Waals surface area contributed by atoms with Crippen molar-refractivity contribution in [2.24, 2.45) is 0 Å². The summed E-state index contributed by atoms with van der Waals surface area (Å²) < 4.78 is 32.7. The molecule has 1 amide bonds. The van der Waals surface area contributed by atoms with Crippen LogP contribution in [0, 0.1) is 6.92 Å². The van der Waals surface area contributed by atoms with Gasteiger partial charge in [-0.1, -0.05) is 41.3 Å². The Labute approximate surface area is 200 Å². The van der Waals surface area contributed by atoms with E-state index in [1.807, 2.05) is 31.2 Å². The van der Waals surface area contributed by atoms with E-state index in [1.54, 1.807) is 12.1 Å². The number of hydrogen-bond donors (Lipinski definition) is 2. The highest BCUT2D eigenvalue weighted by Crippen LogP contribution is 2.29. The fourth-order valence-corrected chi connectivity index (χ4v) is 6.09. The SMILES string of the molecule is Cc1ccccc1Nc1nnc(SCC(=O)Nc2ccc(S(=O)(=O)N3CCOCC3)cc2)s1. The number of aryl methyl sites for hydroxylation is 1. The molecule has 0 bridgehead atoms. The van der Waals surface area contributed by atoms with Crippen molar-refractivity contribution in [2.75, 3.05) is 42.7 Å². The van der Waals surface area contributed by atoms with Gasteiger partial charge in [-0.25, -0.2) is 8.42 Å². The Balaban J connectivity index is 1.29. The van der Waals surface area contributed by atoms with E-state index in [-0.39, 0.29) is 16.6 Å². The molecule has 2 heterocycles. The van der Waals surface area contributed by atoms with Crippen LogP contribution in [0.4, 0.5) is 16.5 Å². The largest absolute Gasteiger partial charge is 0.379 e. The molecule has 0 radical (unpaired) electrons. The normalized spacial score (nSPS) is 14.7. The first kappa shape index (κ1) is 23.6. The number of hydrogen-bond acceptors (Lipinski definition) is 9. The standard InChI is InChI=1S/C21H23N5O4S3/c1-15-4-2-3-5-18(15)23-20-24-25-21(32-20)31-14-19(27)22-16-6-8-17(9-7-16)33(28,29)26-10-12-30-13-11-26/h2-9H,10-14H2,1H3,(H,22,27)(H,23,24). The van der Waals surface area contributed by atoms with Crippen LogP contribution in [0.5, 0.6) is 0 Å². The van der Waals surface area contributed by atoms with Crippen LogP contribution in [0.3, 0.4) is 0 Å². The van der Waals surface area contributed by atoms with E-state index in [2.05, 4.69) is 20.8 Å². The fourth-order valence-electron chi connectivity index (χ4n) is 3.12. The maximum atomic E-state index is 12.7. The Morgan fingerprint density at radius 3 is 2.58 bits per heavy atom. The molecule has 1 aliphatic heterocycles. The van der Waals surface area contributed by atoms with E-state index < -0.39 is 10.0 Å². The van der Waals surface area contributed by atoms with E-state index in [0.29, 0.717) is 41.5 Å². The van der Waals surface area contributed by atoms with Gasteiger partial charge in [-0.3, -0.25) is 4.79 Å². The molecule has 0 aliphatic carbocycles. The van der Waals surface area contributed by atoms with Gasteiger partial charge in [0.1, 0.15) is 0 Å². The van der Waals surface area contributed by atoms with Gasteiger partial charge in [-0.2, -0.15) is 4.31 Å². The van der Waals surface area contributed by atoms with Crippen molar-refractivity contribution in [3.63, 3.8) is 0 Å². The number of rotatable bonds is 8. The van der Waals surface area contributed by atoms with Crippen molar-refractivity contribution < 1.29 is 17.9 Å². The van der Waals surface area contributed by atoms with E-state index >= 15 is 0 Å². The maximum Gasteiger partial charge on any atom is 0.243 e. The van der Waals surface area contributed by atoms with Crippen LogP contribution in [0.15, 0.2) is 57.8 Å². The van der Waals surface area contributed by atoms with Gasteiger partial charge in [0.05, 0.1) is 23.9 Å². The van der Waals surface area contributed by atoms with Crippen LogP contribution in [0.1, 0.15) is 5.56 Å². The molecule has 1 fully saturated rings. The lowest BCUT2D eigenvalue weighted by atomic mass is 10.2. The second kappa shape index (κ2) is 10.6. The number of para-hydroxylation sites is 1. The molecule has 0 saturated carbocycles. The Morgan fingerprint density at radius 1 is 1.12 bits per heavy atom. The molecule has 2 aromatic carbocycles. The minimum absolute atomic E-state index is 0.160. The Kier molecular flexibility index (Phi) is 7.60. The Bertz CT molecular complexity index is 1210. The molecule has 4 rings (SSSR count). The summed E-state index contributed by atoms with van der Waals surface area (Å²) in [4.78, 5) is 12.5. The average molecular weight is 506 g/mol. The third-order valence-electron chi connectivity index (χ3n) is 4.87. The lowest BCUT2D eigenvalue weighted by Crippen LogP contribution is -2.40. The number of aromatic nitrogens is 2. The van der Waals surface area contributed by atoms with E-state index in [0.717, 1.165) is 11.3 Å². The third-order valence-corrected chi connectivity index (χ3v) is 8.75. The first-order valence-corrected chi connectivity index (χ1v) is 13.4. The topological polar surface area (TPSA) is 114 Å². The molecule has 0 unspecified atom stereocenters. The van der Waals surface area contributed by atoms with E-state index in [1.165, 1.54) is 39.5 Å². The summed E-state index contributed by atoms with van der Waals surface area (Å²) in [5, 5.41) is 14.9. The highest BCUT2D eigenvalue weighted by atomic mass is 32.2. The quantitative estimate of drug-likeness (QED) is 0.448. The van der Waals surface area contributed by atoms with Gasteiger partial charge in [0, 0.05) is 24.5 Å². The molecule has 0 spiro atoms. The van der Waals surface area contributed by atoms with Crippen molar-refractivity contribution in [1.82, 2.24) is 14.5 Å². The van der Waals surface area contributed by atoms with Crippen LogP contribution in [0.25, 0.3) is 0 Å². The van der Waals surface area contributed by atoms with Crippen molar-refractivity contribution >= 4 is 55.5 Å². The lowest BCUT2D eigenvalue weighted by molar-refractivity contribution is -0.113. The number of nitrogens with zero attached hydrogens (tertiary/aromatic N) is 3. The molecule has 3 aromatic rings. The zero-order valence-electron chi connectivity index (χ0n) is 17.9. The lowest BCUT2D eigenvalue weighted by Gasteiger charge is -2.26. The van der Waals surface area contributed by atoms with E-state index in [9.17, 15) is 13.2 Å². The molecule has 12 heteroatoms. The molecule has 174 valence electrons. The molecule has 2 N–H and O–H groups in total. The summed E-state index contributed by atoms with van der Waals surface area (Å²) in [6.45, 7) is 3.47. The van der Waals surface area contributed by atoms with Crippen LogP contribution in [-0.2, 0) is 19.6 Å². The molecule has 1 saturated heterocycles. The number of benzene rings is 2. The summed E-state index contributed by atoms with van der Waals surface area (Å²) in [6.07, 6.45) is 0. The van der Waals surface area contributed by atoms with Crippen molar-refractivity contribution in [1.29, 1.82) is 0 Å². The number of amides is 1.